The molecule has 1 aliphatic carbocycles. The van der Waals surface area contributed by atoms with E-state index in [1.54, 1.807) is 14.2 Å². The first-order valence-electron chi connectivity index (χ1n) is 9.75. The van der Waals surface area contributed by atoms with Crippen LogP contribution in [-0.4, -0.2) is 48.0 Å². The number of nitrogens with one attached hydrogen (secondary N) is 2. The summed E-state index contributed by atoms with van der Waals surface area (Å²) in [6.07, 6.45) is 4.21. The second kappa shape index (κ2) is 13.2. The van der Waals surface area contributed by atoms with Crippen LogP contribution in [0.5, 0.6) is 11.5 Å². The molecule has 0 saturated heterocycles. The SMILES string of the molecule is CCOc1ccc(CNC(=NC)NC2CCCC(S(=O)CC)C2)cc1OC.I. The number of guanidine groups is 1. The molecule has 0 aromatic heterocycles. The Hall–Kier alpha value is -1.03. The molecule has 1 aromatic carbocycles. The van der Waals surface area contributed by atoms with Gasteiger partial charge in [-0.05, 0) is 43.9 Å². The zero-order valence-electron chi connectivity index (χ0n) is 17.3. The van der Waals surface area contributed by atoms with E-state index < -0.39 is 10.8 Å². The van der Waals surface area contributed by atoms with E-state index in [0.717, 1.165) is 54.5 Å². The standard InChI is InChI=1S/C20H33N3O3S.HI/c1-5-26-18-11-10-15(12-19(18)25-4)14-22-20(21-3)23-16-8-7-9-17(13-16)27(24)6-2;/h10-12,16-17H,5-9,13-14H2,1-4H3,(H2,21,22,23);1H. The van der Waals surface area contributed by atoms with Crippen LogP contribution in [0.15, 0.2) is 23.2 Å². The number of methoxy groups -OCH3 is 1. The van der Waals surface area contributed by atoms with Crippen molar-refractivity contribution in [1.29, 1.82) is 0 Å². The predicted molar refractivity (Wildman–Crippen MR) is 128 cm³/mol. The van der Waals surface area contributed by atoms with Crippen molar-refractivity contribution >= 4 is 40.7 Å². The lowest BCUT2D eigenvalue weighted by molar-refractivity contribution is 0.310. The highest BCUT2D eigenvalue weighted by Gasteiger charge is 2.26. The summed E-state index contributed by atoms with van der Waals surface area (Å²) in [5.74, 6) is 3.00. The Bertz CT molecular complexity index is 658. The summed E-state index contributed by atoms with van der Waals surface area (Å²) < 4.78 is 23.1. The van der Waals surface area contributed by atoms with Crippen molar-refractivity contribution in [2.24, 2.45) is 4.99 Å². The summed E-state index contributed by atoms with van der Waals surface area (Å²) in [6.45, 7) is 5.20. The fraction of sp³-hybridized carbons (Fsp3) is 0.650. The summed E-state index contributed by atoms with van der Waals surface area (Å²) in [7, 11) is 2.71. The molecule has 0 spiro atoms. The summed E-state index contributed by atoms with van der Waals surface area (Å²) >= 11 is 0. The van der Waals surface area contributed by atoms with E-state index in [-0.39, 0.29) is 24.0 Å². The van der Waals surface area contributed by atoms with Crippen molar-refractivity contribution in [1.82, 2.24) is 10.6 Å². The molecule has 0 amide bonds. The van der Waals surface area contributed by atoms with Gasteiger partial charge >= 0.3 is 0 Å². The van der Waals surface area contributed by atoms with Crippen molar-refractivity contribution < 1.29 is 13.7 Å². The van der Waals surface area contributed by atoms with E-state index in [0.29, 0.717) is 24.4 Å². The van der Waals surface area contributed by atoms with Crippen LogP contribution in [0.3, 0.4) is 0 Å². The van der Waals surface area contributed by atoms with Gasteiger partial charge in [0.2, 0.25) is 0 Å². The van der Waals surface area contributed by atoms with E-state index in [9.17, 15) is 4.21 Å². The number of benzene rings is 1. The maximum Gasteiger partial charge on any atom is 0.191 e. The maximum atomic E-state index is 12.1. The van der Waals surface area contributed by atoms with Gasteiger partial charge in [0, 0.05) is 41.4 Å². The first-order chi connectivity index (χ1) is 13.1. The molecule has 2 N–H and O–H groups in total. The lowest BCUT2D eigenvalue weighted by Crippen LogP contribution is -2.46. The quantitative estimate of drug-likeness (QED) is 0.310. The minimum Gasteiger partial charge on any atom is -0.493 e. The van der Waals surface area contributed by atoms with Gasteiger partial charge in [-0.3, -0.25) is 9.20 Å². The lowest BCUT2D eigenvalue weighted by Gasteiger charge is -2.30. The van der Waals surface area contributed by atoms with E-state index in [1.807, 2.05) is 32.0 Å². The van der Waals surface area contributed by atoms with E-state index in [2.05, 4.69) is 15.6 Å². The van der Waals surface area contributed by atoms with Crippen molar-refractivity contribution in [3.63, 3.8) is 0 Å². The Morgan fingerprint density at radius 3 is 2.71 bits per heavy atom. The van der Waals surface area contributed by atoms with Crippen LogP contribution < -0.4 is 20.1 Å². The van der Waals surface area contributed by atoms with Crippen LogP contribution in [0.25, 0.3) is 0 Å². The van der Waals surface area contributed by atoms with Gasteiger partial charge in [-0.15, -0.1) is 24.0 Å². The second-order valence-electron chi connectivity index (χ2n) is 6.64. The molecule has 160 valence electrons. The third-order valence-electron chi connectivity index (χ3n) is 4.83. The van der Waals surface area contributed by atoms with E-state index in [1.165, 1.54) is 0 Å². The second-order valence-corrected chi connectivity index (χ2v) is 8.65. The third-order valence-corrected chi connectivity index (χ3v) is 6.58. The number of nitrogens with zero attached hydrogens (tertiary/aromatic N) is 1. The smallest absolute Gasteiger partial charge is 0.191 e. The Labute approximate surface area is 188 Å². The average Bonchev–Trinajstić information content (AvgIpc) is 2.71. The largest absolute Gasteiger partial charge is 0.493 e. The predicted octanol–water partition coefficient (Wildman–Crippen LogP) is 3.46. The summed E-state index contributed by atoms with van der Waals surface area (Å²) in [6, 6.07) is 6.25. The topological polar surface area (TPSA) is 72.0 Å². The molecular weight excluding hydrogens is 489 g/mol. The molecule has 2 rings (SSSR count). The number of rotatable bonds is 8. The molecule has 3 atom stereocenters. The van der Waals surface area contributed by atoms with E-state index >= 15 is 0 Å². The van der Waals surface area contributed by atoms with E-state index in [4.69, 9.17) is 9.47 Å². The van der Waals surface area contributed by atoms with Gasteiger partial charge in [0.1, 0.15) is 0 Å². The third kappa shape index (κ3) is 7.42. The first kappa shape index (κ1) is 25.0. The van der Waals surface area contributed by atoms with Crippen molar-refractivity contribution in [2.45, 2.75) is 57.4 Å². The van der Waals surface area contributed by atoms with Crippen LogP contribution in [0, 0.1) is 0 Å². The van der Waals surface area contributed by atoms with Crippen LogP contribution in [-0.2, 0) is 17.3 Å². The molecular formula is C20H34IN3O3S. The van der Waals surface area contributed by atoms with Crippen molar-refractivity contribution in [2.75, 3.05) is 26.5 Å². The van der Waals surface area contributed by atoms with Gasteiger partial charge in [-0.1, -0.05) is 19.4 Å². The molecule has 6 nitrogen and oxygen atoms in total. The monoisotopic (exact) mass is 523 g/mol. The number of hydrogen-bond donors (Lipinski definition) is 2. The molecule has 1 aromatic rings. The summed E-state index contributed by atoms with van der Waals surface area (Å²) in [5, 5.41) is 7.15. The van der Waals surface area contributed by atoms with Gasteiger partial charge in [0.25, 0.3) is 0 Å². The number of halogens is 1. The number of hydrogen-bond acceptors (Lipinski definition) is 4. The van der Waals surface area contributed by atoms with Gasteiger partial charge in [-0.25, -0.2) is 0 Å². The fourth-order valence-corrected chi connectivity index (χ4v) is 4.77. The Morgan fingerprint density at radius 2 is 2.07 bits per heavy atom. The van der Waals surface area contributed by atoms with Crippen molar-refractivity contribution in [3.05, 3.63) is 23.8 Å². The van der Waals surface area contributed by atoms with Crippen LogP contribution in [0.4, 0.5) is 0 Å². The number of aliphatic imine (C=N–C) groups is 1. The Balaban J connectivity index is 0.00000392. The van der Waals surface area contributed by atoms with Gasteiger partial charge < -0.3 is 20.1 Å². The Morgan fingerprint density at radius 1 is 1.29 bits per heavy atom. The number of ether oxygens (including phenoxy) is 2. The normalized spacial score (nSPS) is 20.6. The highest BCUT2D eigenvalue weighted by Crippen LogP contribution is 2.28. The van der Waals surface area contributed by atoms with Crippen LogP contribution >= 0.6 is 24.0 Å². The zero-order chi connectivity index (χ0) is 19.6. The minimum atomic E-state index is -0.718. The molecule has 8 heteroatoms. The van der Waals surface area contributed by atoms with Gasteiger partial charge in [-0.2, -0.15) is 0 Å². The summed E-state index contributed by atoms with van der Waals surface area (Å²) in [5.41, 5.74) is 1.09. The van der Waals surface area contributed by atoms with Gasteiger partial charge in [0.15, 0.2) is 17.5 Å². The molecule has 0 heterocycles. The minimum absolute atomic E-state index is 0. The molecule has 28 heavy (non-hydrogen) atoms. The molecule has 0 radical (unpaired) electrons. The Kier molecular flexibility index (Phi) is 11.8. The van der Waals surface area contributed by atoms with Crippen LogP contribution in [0.2, 0.25) is 0 Å². The zero-order valence-corrected chi connectivity index (χ0v) is 20.5. The molecule has 1 saturated carbocycles. The van der Waals surface area contributed by atoms with Crippen molar-refractivity contribution in [3.8, 4) is 11.5 Å². The van der Waals surface area contributed by atoms with Gasteiger partial charge in [0.05, 0.1) is 13.7 Å². The highest BCUT2D eigenvalue weighted by atomic mass is 127. The van der Waals surface area contributed by atoms with Crippen LogP contribution in [0.1, 0.15) is 45.1 Å². The molecule has 1 fully saturated rings. The highest BCUT2D eigenvalue weighted by molar-refractivity contribution is 14.0. The maximum absolute atomic E-state index is 12.1. The molecule has 1 aliphatic rings. The summed E-state index contributed by atoms with van der Waals surface area (Å²) in [4.78, 5) is 4.34. The average molecular weight is 523 g/mol. The molecule has 0 aliphatic heterocycles. The lowest BCUT2D eigenvalue weighted by atomic mass is 9.95. The fourth-order valence-electron chi connectivity index (χ4n) is 3.42. The molecule has 3 unspecified atom stereocenters. The first-order valence-corrected chi connectivity index (χ1v) is 11.1. The molecule has 0 bridgehead atoms.